The first-order valence-electron chi connectivity index (χ1n) is 6.33. The molecule has 0 saturated carbocycles. The summed E-state index contributed by atoms with van der Waals surface area (Å²) in [6, 6.07) is 7.22. The summed E-state index contributed by atoms with van der Waals surface area (Å²) in [4.78, 5) is 15.5. The lowest BCUT2D eigenvalue weighted by molar-refractivity contribution is 0.0989. The smallest absolute Gasteiger partial charge is 0.194 e. The molecule has 2 aromatic heterocycles. The van der Waals surface area contributed by atoms with Gasteiger partial charge in [-0.3, -0.25) is 9.78 Å². The Morgan fingerprint density at radius 3 is 2.76 bits per heavy atom. The molecule has 0 aliphatic rings. The number of hydrogen-bond acceptors (Lipinski definition) is 4. The molecular weight excluding hydrogens is 290 g/mol. The van der Waals surface area contributed by atoms with Crippen LogP contribution in [-0.4, -0.2) is 17.9 Å². The molecule has 1 aromatic carbocycles. The number of ketones is 1. The van der Waals surface area contributed by atoms with Crippen molar-refractivity contribution < 1.29 is 13.9 Å². The summed E-state index contributed by atoms with van der Waals surface area (Å²) in [5.74, 6) is 0.729. The molecule has 4 nitrogen and oxygen atoms in total. The topological polar surface area (TPSA) is 52.3 Å². The molecule has 0 saturated heterocycles. The third-order valence-corrected chi connectivity index (χ3v) is 3.58. The second-order valence-electron chi connectivity index (χ2n) is 4.58. The highest BCUT2D eigenvalue weighted by Crippen LogP contribution is 2.38. The standard InChI is InChI=1S/C16H12ClNO3/c1-9(19)15-7-12-10(11-5-6-18-8-13(11)17)3-4-14(20-2)16(12)21-15/h3-8H,1-2H3. The second kappa shape index (κ2) is 5.22. The zero-order valence-electron chi connectivity index (χ0n) is 11.5. The van der Waals surface area contributed by atoms with E-state index in [4.69, 9.17) is 20.8 Å². The van der Waals surface area contributed by atoms with Gasteiger partial charge in [0.2, 0.25) is 0 Å². The van der Waals surface area contributed by atoms with Crippen LogP contribution in [0.15, 0.2) is 41.1 Å². The van der Waals surface area contributed by atoms with Gasteiger partial charge in [0, 0.05) is 30.3 Å². The maximum absolute atomic E-state index is 11.6. The first-order chi connectivity index (χ1) is 10.1. The Hall–Kier alpha value is -2.33. The fraction of sp³-hybridized carbons (Fsp3) is 0.125. The molecule has 0 aliphatic heterocycles. The summed E-state index contributed by atoms with van der Waals surface area (Å²) in [7, 11) is 1.56. The Balaban J connectivity index is 2.34. The summed E-state index contributed by atoms with van der Waals surface area (Å²) in [6.45, 7) is 1.46. The molecule has 2 heterocycles. The SMILES string of the molecule is COc1ccc(-c2ccncc2Cl)c2cc(C(C)=O)oc12. The van der Waals surface area contributed by atoms with Gasteiger partial charge in [-0.25, -0.2) is 0 Å². The van der Waals surface area contributed by atoms with E-state index < -0.39 is 0 Å². The molecule has 0 fully saturated rings. The summed E-state index contributed by atoms with van der Waals surface area (Å²) in [6.07, 6.45) is 3.25. The number of carbonyl (C=O) groups excluding carboxylic acids is 1. The fourth-order valence-electron chi connectivity index (χ4n) is 2.26. The van der Waals surface area contributed by atoms with Gasteiger partial charge in [0.05, 0.1) is 12.1 Å². The summed E-state index contributed by atoms with van der Waals surface area (Å²) in [5, 5.41) is 1.32. The summed E-state index contributed by atoms with van der Waals surface area (Å²) in [5.41, 5.74) is 2.23. The molecule has 0 N–H and O–H groups in total. The van der Waals surface area contributed by atoms with E-state index in [2.05, 4.69) is 4.98 Å². The Labute approximate surface area is 126 Å². The molecule has 0 aliphatic carbocycles. The quantitative estimate of drug-likeness (QED) is 0.674. The van der Waals surface area contributed by atoms with E-state index in [0.29, 0.717) is 22.1 Å². The number of rotatable bonds is 3. The highest BCUT2D eigenvalue weighted by molar-refractivity contribution is 6.33. The van der Waals surface area contributed by atoms with Crippen molar-refractivity contribution in [2.45, 2.75) is 6.92 Å². The van der Waals surface area contributed by atoms with Gasteiger partial charge >= 0.3 is 0 Å². The number of ether oxygens (including phenoxy) is 1. The van der Waals surface area contributed by atoms with Crippen molar-refractivity contribution in [3.05, 3.63) is 47.4 Å². The maximum Gasteiger partial charge on any atom is 0.194 e. The number of halogens is 1. The molecule has 0 bridgehead atoms. The van der Waals surface area contributed by atoms with Crippen LogP contribution in [0.25, 0.3) is 22.1 Å². The number of benzene rings is 1. The predicted octanol–water partition coefficient (Wildman–Crippen LogP) is 4.36. The number of fused-ring (bicyclic) bond motifs is 1. The van der Waals surface area contributed by atoms with E-state index in [0.717, 1.165) is 16.5 Å². The minimum absolute atomic E-state index is 0.139. The molecule has 106 valence electrons. The van der Waals surface area contributed by atoms with Crippen LogP contribution in [0.2, 0.25) is 5.02 Å². The van der Waals surface area contributed by atoms with Crippen LogP contribution in [-0.2, 0) is 0 Å². The summed E-state index contributed by atoms with van der Waals surface area (Å²) < 4.78 is 10.9. The van der Waals surface area contributed by atoms with Crippen molar-refractivity contribution in [2.24, 2.45) is 0 Å². The Bertz CT molecular complexity index is 839. The third kappa shape index (κ3) is 2.28. The predicted molar refractivity (Wildman–Crippen MR) is 81.0 cm³/mol. The number of aromatic nitrogens is 1. The van der Waals surface area contributed by atoms with E-state index >= 15 is 0 Å². The molecule has 5 heteroatoms. The van der Waals surface area contributed by atoms with Gasteiger partial charge in [0.25, 0.3) is 0 Å². The number of hydrogen-bond donors (Lipinski definition) is 0. The monoisotopic (exact) mass is 301 g/mol. The Morgan fingerprint density at radius 2 is 2.10 bits per heavy atom. The lowest BCUT2D eigenvalue weighted by Crippen LogP contribution is -1.86. The minimum Gasteiger partial charge on any atom is -0.493 e. The lowest BCUT2D eigenvalue weighted by atomic mass is 10.0. The number of pyridine rings is 1. The van der Waals surface area contributed by atoms with Gasteiger partial charge in [-0.15, -0.1) is 0 Å². The normalized spacial score (nSPS) is 10.8. The molecule has 0 spiro atoms. The van der Waals surface area contributed by atoms with E-state index in [1.54, 1.807) is 31.6 Å². The molecular formula is C16H12ClNO3. The zero-order chi connectivity index (χ0) is 15.0. The average Bonchev–Trinajstić information content (AvgIpc) is 2.92. The van der Waals surface area contributed by atoms with Gasteiger partial charge in [-0.05, 0) is 29.8 Å². The van der Waals surface area contributed by atoms with Crippen LogP contribution in [0.5, 0.6) is 5.75 Å². The van der Waals surface area contributed by atoms with E-state index in [1.807, 2.05) is 12.1 Å². The molecule has 0 atom stereocenters. The van der Waals surface area contributed by atoms with E-state index in [1.165, 1.54) is 6.92 Å². The van der Waals surface area contributed by atoms with Gasteiger partial charge < -0.3 is 9.15 Å². The van der Waals surface area contributed by atoms with Crippen molar-refractivity contribution >= 4 is 28.4 Å². The number of nitrogens with zero attached hydrogens (tertiary/aromatic N) is 1. The van der Waals surface area contributed by atoms with Gasteiger partial charge in [0.1, 0.15) is 0 Å². The first-order valence-corrected chi connectivity index (χ1v) is 6.71. The van der Waals surface area contributed by atoms with Crippen molar-refractivity contribution in [1.82, 2.24) is 4.98 Å². The lowest BCUT2D eigenvalue weighted by Gasteiger charge is -2.07. The highest BCUT2D eigenvalue weighted by Gasteiger charge is 2.17. The molecule has 3 aromatic rings. The number of Topliss-reactive ketones (excluding diaryl/α,β-unsaturated/α-hetero) is 1. The van der Waals surface area contributed by atoms with Crippen LogP contribution in [0.3, 0.4) is 0 Å². The number of furan rings is 1. The maximum atomic E-state index is 11.6. The van der Waals surface area contributed by atoms with Gasteiger partial charge in [-0.1, -0.05) is 11.6 Å². The largest absolute Gasteiger partial charge is 0.493 e. The van der Waals surface area contributed by atoms with Gasteiger partial charge in [-0.2, -0.15) is 0 Å². The van der Waals surface area contributed by atoms with Crippen LogP contribution < -0.4 is 4.74 Å². The van der Waals surface area contributed by atoms with Crippen molar-refractivity contribution in [3.8, 4) is 16.9 Å². The van der Waals surface area contributed by atoms with Crippen LogP contribution in [0.1, 0.15) is 17.5 Å². The van der Waals surface area contributed by atoms with Crippen molar-refractivity contribution in [2.75, 3.05) is 7.11 Å². The summed E-state index contributed by atoms with van der Waals surface area (Å²) >= 11 is 6.21. The highest BCUT2D eigenvalue weighted by atomic mass is 35.5. The Kier molecular flexibility index (Phi) is 3.39. The number of carbonyl (C=O) groups is 1. The second-order valence-corrected chi connectivity index (χ2v) is 4.99. The van der Waals surface area contributed by atoms with E-state index in [9.17, 15) is 4.79 Å². The molecule has 0 unspecified atom stereocenters. The molecule has 0 amide bonds. The number of methoxy groups -OCH3 is 1. The minimum atomic E-state index is -0.139. The fourth-order valence-corrected chi connectivity index (χ4v) is 2.48. The van der Waals surface area contributed by atoms with Gasteiger partial charge in [0.15, 0.2) is 22.9 Å². The van der Waals surface area contributed by atoms with Crippen molar-refractivity contribution in [1.29, 1.82) is 0 Å². The van der Waals surface area contributed by atoms with Crippen LogP contribution >= 0.6 is 11.6 Å². The van der Waals surface area contributed by atoms with Crippen LogP contribution in [0, 0.1) is 0 Å². The molecule has 0 radical (unpaired) electrons. The Morgan fingerprint density at radius 1 is 1.29 bits per heavy atom. The average molecular weight is 302 g/mol. The van der Waals surface area contributed by atoms with Crippen molar-refractivity contribution in [3.63, 3.8) is 0 Å². The first kappa shape index (κ1) is 13.6. The molecule has 21 heavy (non-hydrogen) atoms. The van der Waals surface area contributed by atoms with E-state index in [-0.39, 0.29) is 5.78 Å². The third-order valence-electron chi connectivity index (χ3n) is 3.28. The van der Waals surface area contributed by atoms with Crippen LogP contribution in [0.4, 0.5) is 0 Å². The molecule has 3 rings (SSSR count). The zero-order valence-corrected chi connectivity index (χ0v) is 12.3.